The van der Waals surface area contributed by atoms with E-state index in [4.69, 9.17) is 0 Å². The Morgan fingerprint density at radius 2 is 2.22 bits per heavy atom. The minimum atomic E-state index is 0.367. The van der Waals surface area contributed by atoms with Crippen molar-refractivity contribution in [1.82, 2.24) is 10.3 Å². The van der Waals surface area contributed by atoms with Crippen molar-refractivity contribution >= 4 is 27.3 Å². The van der Waals surface area contributed by atoms with Gasteiger partial charge in [-0.05, 0) is 59.6 Å². The van der Waals surface area contributed by atoms with Crippen molar-refractivity contribution in [2.24, 2.45) is 0 Å². The highest BCUT2D eigenvalue weighted by atomic mass is 79.9. The predicted octanol–water partition coefficient (Wildman–Crippen LogP) is 3.97. The minimum absolute atomic E-state index is 0.367. The highest BCUT2D eigenvalue weighted by Gasteiger charge is 2.12. The molecule has 0 spiro atoms. The Balaban J connectivity index is 2.14. The van der Waals surface area contributed by atoms with Crippen LogP contribution in [0.1, 0.15) is 28.3 Å². The van der Waals surface area contributed by atoms with Crippen LogP contribution in [0.2, 0.25) is 0 Å². The molecule has 18 heavy (non-hydrogen) atoms. The standard InChI is InChI=1S/C14H17BrN2S/c1-3-12-4-5-14(18-12)13(16-2)7-10-6-11(15)9-17-8-10/h4-6,8-9,13,16H,3,7H2,1-2H3. The van der Waals surface area contributed by atoms with E-state index in [1.807, 2.05) is 30.8 Å². The van der Waals surface area contributed by atoms with Gasteiger partial charge in [0.1, 0.15) is 0 Å². The molecule has 0 aromatic carbocycles. The van der Waals surface area contributed by atoms with Crippen molar-refractivity contribution < 1.29 is 0 Å². The number of hydrogen-bond donors (Lipinski definition) is 1. The zero-order valence-electron chi connectivity index (χ0n) is 10.6. The van der Waals surface area contributed by atoms with Gasteiger partial charge in [-0.15, -0.1) is 11.3 Å². The van der Waals surface area contributed by atoms with E-state index in [2.05, 4.69) is 51.4 Å². The van der Waals surface area contributed by atoms with E-state index in [1.54, 1.807) is 0 Å². The van der Waals surface area contributed by atoms with Crippen molar-refractivity contribution in [2.45, 2.75) is 25.8 Å². The van der Waals surface area contributed by atoms with Crippen molar-refractivity contribution in [3.8, 4) is 0 Å². The van der Waals surface area contributed by atoms with Gasteiger partial charge in [-0.1, -0.05) is 6.92 Å². The molecule has 4 heteroatoms. The van der Waals surface area contributed by atoms with Crippen LogP contribution >= 0.6 is 27.3 Å². The van der Waals surface area contributed by atoms with E-state index >= 15 is 0 Å². The Morgan fingerprint density at radius 1 is 1.39 bits per heavy atom. The second-order valence-corrected chi connectivity index (χ2v) is 6.33. The van der Waals surface area contributed by atoms with Crippen LogP contribution in [0.3, 0.4) is 0 Å². The maximum Gasteiger partial charge on any atom is 0.0453 e. The molecule has 2 heterocycles. The Hall–Kier alpha value is -0.710. The Labute approximate surface area is 121 Å². The summed E-state index contributed by atoms with van der Waals surface area (Å²) in [5.41, 5.74) is 1.25. The zero-order valence-corrected chi connectivity index (χ0v) is 13.0. The van der Waals surface area contributed by atoms with Crippen molar-refractivity contribution in [1.29, 1.82) is 0 Å². The molecule has 0 aliphatic carbocycles. The lowest BCUT2D eigenvalue weighted by Crippen LogP contribution is -2.17. The van der Waals surface area contributed by atoms with Gasteiger partial charge in [0.05, 0.1) is 0 Å². The van der Waals surface area contributed by atoms with Gasteiger partial charge in [0.15, 0.2) is 0 Å². The molecule has 2 rings (SSSR count). The fraction of sp³-hybridized carbons (Fsp3) is 0.357. The summed E-state index contributed by atoms with van der Waals surface area (Å²) in [6.45, 7) is 2.20. The summed E-state index contributed by atoms with van der Waals surface area (Å²) in [5, 5.41) is 3.39. The van der Waals surface area contributed by atoms with Gasteiger partial charge in [-0.2, -0.15) is 0 Å². The smallest absolute Gasteiger partial charge is 0.0453 e. The van der Waals surface area contributed by atoms with Gasteiger partial charge in [0.25, 0.3) is 0 Å². The molecule has 0 aliphatic rings. The lowest BCUT2D eigenvalue weighted by Gasteiger charge is -2.14. The molecule has 1 unspecified atom stereocenters. The molecule has 0 fully saturated rings. The maximum absolute atomic E-state index is 4.22. The highest BCUT2D eigenvalue weighted by molar-refractivity contribution is 9.10. The first kappa shape index (κ1) is 13.7. The molecule has 2 aromatic heterocycles. The number of halogens is 1. The van der Waals surface area contributed by atoms with Gasteiger partial charge in [0.2, 0.25) is 0 Å². The second kappa shape index (κ2) is 6.45. The summed E-state index contributed by atoms with van der Waals surface area (Å²) in [5.74, 6) is 0. The van der Waals surface area contributed by atoms with Gasteiger partial charge < -0.3 is 5.32 Å². The Morgan fingerprint density at radius 3 is 2.83 bits per heavy atom. The topological polar surface area (TPSA) is 24.9 Å². The molecule has 1 atom stereocenters. The number of rotatable bonds is 5. The molecule has 0 saturated heterocycles. The predicted molar refractivity (Wildman–Crippen MR) is 81.1 cm³/mol. The van der Waals surface area contributed by atoms with E-state index in [1.165, 1.54) is 15.3 Å². The van der Waals surface area contributed by atoms with Gasteiger partial charge in [0, 0.05) is 32.7 Å². The van der Waals surface area contributed by atoms with Crippen LogP contribution in [0, 0.1) is 0 Å². The van der Waals surface area contributed by atoms with Crippen LogP contribution in [-0.4, -0.2) is 12.0 Å². The number of nitrogens with one attached hydrogen (secondary N) is 1. The van der Waals surface area contributed by atoms with Crippen LogP contribution in [0.4, 0.5) is 0 Å². The number of nitrogens with zero attached hydrogens (tertiary/aromatic N) is 1. The average Bonchev–Trinajstić information content (AvgIpc) is 2.84. The lowest BCUT2D eigenvalue weighted by molar-refractivity contribution is 0.601. The van der Waals surface area contributed by atoms with Crippen molar-refractivity contribution in [2.75, 3.05) is 7.05 Å². The monoisotopic (exact) mass is 324 g/mol. The average molecular weight is 325 g/mol. The van der Waals surface area contributed by atoms with E-state index in [-0.39, 0.29) is 0 Å². The minimum Gasteiger partial charge on any atom is -0.312 e. The van der Waals surface area contributed by atoms with E-state index in [9.17, 15) is 0 Å². The second-order valence-electron chi connectivity index (χ2n) is 4.21. The molecular formula is C14H17BrN2S. The third-order valence-corrected chi connectivity index (χ3v) is 4.70. The molecule has 0 bridgehead atoms. The van der Waals surface area contributed by atoms with Crippen LogP contribution in [-0.2, 0) is 12.8 Å². The fourth-order valence-electron chi connectivity index (χ4n) is 1.92. The van der Waals surface area contributed by atoms with E-state index < -0.39 is 0 Å². The first-order valence-electron chi connectivity index (χ1n) is 6.08. The number of pyridine rings is 1. The van der Waals surface area contributed by atoms with Gasteiger partial charge in [-0.25, -0.2) is 0 Å². The number of aryl methyl sites for hydroxylation is 1. The Kier molecular flexibility index (Phi) is 4.92. The van der Waals surface area contributed by atoms with E-state index in [0.717, 1.165) is 17.3 Å². The molecule has 2 nitrogen and oxygen atoms in total. The normalized spacial score (nSPS) is 12.6. The molecule has 0 radical (unpaired) electrons. The van der Waals surface area contributed by atoms with Crippen molar-refractivity contribution in [3.63, 3.8) is 0 Å². The summed E-state index contributed by atoms with van der Waals surface area (Å²) in [7, 11) is 2.02. The number of likely N-dealkylation sites (N-methyl/N-ethyl adjacent to an activating group) is 1. The molecule has 1 N–H and O–H groups in total. The van der Waals surface area contributed by atoms with Crippen LogP contribution in [0.5, 0.6) is 0 Å². The quantitative estimate of drug-likeness (QED) is 0.900. The van der Waals surface area contributed by atoms with E-state index in [0.29, 0.717) is 6.04 Å². The summed E-state index contributed by atoms with van der Waals surface area (Å²) in [4.78, 5) is 7.06. The summed E-state index contributed by atoms with van der Waals surface area (Å²) in [6, 6.07) is 6.96. The third kappa shape index (κ3) is 3.40. The fourth-order valence-corrected chi connectivity index (χ4v) is 3.39. The summed E-state index contributed by atoms with van der Waals surface area (Å²) in [6.07, 6.45) is 5.83. The largest absolute Gasteiger partial charge is 0.312 e. The molecule has 2 aromatic rings. The molecule has 96 valence electrons. The summed E-state index contributed by atoms with van der Waals surface area (Å²) < 4.78 is 1.04. The highest BCUT2D eigenvalue weighted by Crippen LogP contribution is 2.26. The van der Waals surface area contributed by atoms with Crippen LogP contribution < -0.4 is 5.32 Å². The molecule has 0 amide bonds. The number of thiophene rings is 1. The van der Waals surface area contributed by atoms with Gasteiger partial charge >= 0.3 is 0 Å². The SMILES string of the molecule is CCc1ccc(C(Cc2cncc(Br)c2)NC)s1. The molecular weight excluding hydrogens is 308 g/mol. The first-order valence-corrected chi connectivity index (χ1v) is 7.69. The Bertz CT molecular complexity index is 510. The van der Waals surface area contributed by atoms with Crippen molar-refractivity contribution in [3.05, 3.63) is 50.4 Å². The number of hydrogen-bond acceptors (Lipinski definition) is 3. The first-order chi connectivity index (χ1) is 8.72. The maximum atomic E-state index is 4.22. The van der Waals surface area contributed by atoms with Crippen LogP contribution in [0.15, 0.2) is 35.1 Å². The zero-order chi connectivity index (χ0) is 13.0. The summed E-state index contributed by atoms with van der Waals surface area (Å²) >= 11 is 5.36. The molecule has 0 aliphatic heterocycles. The third-order valence-electron chi connectivity index (χ3n) is 2.92. The molecule has 0 saturated carbocycles. The number of aromatic nitrogens is 1. The van der Waals surface area contributed by atoms with Crippen LogP contribution in [0.25, 0.3) is 0 Å². The van der Waals surface area contributed by atoms with Gasteiger partial charge in [-0.3, -0.25) is 4.98 Å². The lowest BCUT2D eigenvalue weighted by atomic mass is 10.1.